The highest BCUT2D eigenvalue weighted by Gasteiger charge is 2.27. The lowest BCUT2D eigenvalue weighted by Gasteiger charge is -2.37. The van der Waals surface area contributed by atoms with Gasteiger partial charge in [0, 0.05) is 90.5 Å². The molecule has 2 unspecified atom stereocenters. The van der Waals surface area contributed by atoms with E-state index in [4.69, 9.17) is 0 Å². The Morgan fingerprint density at radius 2 is 1.40 bits per heavy atom. The molecule has 3 fully saturated rings. The second kappa shape index (κ2) is 9.31. The monoisotopic (exact) mass is 351 g/mol. The molecule has 0 radical (unpaired) electrons. The standard InChI is InChI=1S/C19H37N5O/c1-17-3-4-18(2)24(17)16-15-22-13-11-21(12-14-22)8-5-19(25)23-9-6-20-7-10-23/h17-18,20H,3-16H2,1-2H3. The van der Waals surface area contributed by atoms with Crippen LogP contribution in [-0.4, -0.2) is 110 Å². The van der Waals surface area contributed by atoms with Gasteiger partial charge in [-0.15, -0.1) is 0 Å². The van der Waals surface area contributed by atoms with E-state index in [2.05, 4.69) is 33.9 Å². The molecule has 6 nitrogen and oxygen atoms in total. The minimum Gasteiger partial charge on any atom is -0.340 e. The first-order valence-electron chi connectivity index (χ1n) is 10.3. The van der Waals surface area contributed by atoms with Crippen molar-refractivity contribution in [3.8, 4) is 0 Å². The molecule has 0 bridgehead atoms. The van der Waals surface area contributed by atoms with Gasteiger partial charge < -0.3 is 15.1 Å². The molecule has 6 heteroatoms. The van der Waals surface area contributed by atoms with Crippen LogP contribution in [0.2, 0.25) is 0 Å². The lowest BCUT2D eigenvalue weighted by Crippen LogP contribution is -2.50. The predicted octanol–water partition coefficient (Wildman–Crippen LogP) is 0.299. The van der Waals surface area contributed by atoms with Crippen LogP contribution in [0.5, 0.6) is 0 Å². The van der Waals surface area contributed by atoms with Crippen molar-refractivity contribution in [2.24, 2.45) is 0 Å². The van der Waals surface area contributed by atoms with E-state index >= 15 is 0 Å². The summed E-state index contributed by atoms with van der Waals surface area (Å²) in [5.41, 5.74) is 0. The maximum absolute atomic E-state index is 12.3. The third-order valence-corrected chi connectivity index (χ3v) is 6.39. The molecule has 0 aromatic carbocycles. The Balaban J connectivity index is 1.30. The Morgan fingerprint density at radius 1 is 0.840 bits per heavy atom. The number of piperazine rings is 2. The van der Waals surface area contributed by atoms with Gasteiger partial charge in [0.2, 0.25) is 5.91 Å². The minimum atomic E-state index is 0.334. The first kappa shape index (κ1) is 19.1. The topological polar surface area (TPSA) is 42.1 Å². The van der Waals surface area contributed by atoms with Gasteiger partial charge >= 0.3 is 0 Å². The molecular weight excluding hydrogens is 314 g/mol. The quantitative estimate of drug-likeness (QED) is 0.745. The van der Waals surface area contributed by atoms with Crippen LogP contribution in [-0.2, 0) is 4.79 Å². The molecule has 0 saturated carbocycles. The van der Waals surface area contributed by atoms with Crippen LogP contribution in [0.4, 0.5) is 0 Å². The highest BCUT2D eigenvalue weighted by Crippen LogP contribution is 2.22. The molecular formula is C19H37N5O. The Kier molecular flexibility index (Phi) is 7.10. The number of hydrogen-bond donors (Lipinski definition) is 1. The molecule has 0 spiro atoms. The van der Waals surface area contributed by atoms with Gasteiger partial charge in [0.05, 0.1) is 0 Å². The second-order valence-electron chi connectivity index (χ2n) is 8.08. The summed E-state index contributed by atoms with van der Waals surface area (Å²) in [7, 11) is 0. The Hall–Kier alpha value is -0.690. The number of carbonyl (C=O) groups excluding carboxylic acids is 1. The fraction of sp³-hybridized carbons (Fsp3) is 0.947. The normalized spacial score (nSPS) is 30.1. The zero-order valence-corrected chi connectivity index (χ0v) is 16.3. The van der Waals surface area contributed by atoms with Crippen molar-refractivity contribution in [1.29, 1.82) is 0 Å². The lowest BCUT2D eigenvalue weighted by atomic mass is 10.2. The summed E-state index contributed by atoms with van der Waals surface area (Å²) in [4.78, 5) is 22.0. The summed E-state index contributed by atoms with van der Waals surface area (Å²) < 4.78 is 0. The van der Waals surface area contributed by atoms with E-state index in [9.17, 15) is 4.79 Å². The number of likely N-dealkylation sites (tertiary alicyclic amines) is 1. The van der Waals surface area contributed by atoms with E-state index in [-0.39, 0.29) is 0 Å². The zero-order chi connectivity index (χ0) is 17.6. The highest BCUT2D eigenvalue weighted by atomic mass is 16.2. The summed E-state index contributed by atoms with van der Waals surface area (Å²) in [6.07, 6.45) is 3.40. The molecule has 0 aromatic heterocycles. The fourth-order valence-electron chi connectivity index (χ4n) is 4.51. The number of nitrogens with one attached hydrogen (secondary N) is 1. The van der Waals surface area contributed by atoms with Crippen LogP contribution < -0.4 is 5.32 Å². The smallest absolute Gasteiger partial charge is 0.223 e. The maximum atomic E-state index is 12.3. The van der Waals surface area contributed by atoms with Gasteiger partial charge in [0.1, 0.15) is 0 Å². The molecule has 3 rings (SSSR count). The first-order chi connectivity index (χ1) is 12.1. The van der Waals surface area contributed by atoms with Gasteiger partial charge in [-0.1, -0.05) is 0 Å². The second-order valence-corrected chi connectivity index (χ2v) is 8.08. The largest absolute Gasteiger partial charge is 0.340 e. The van der Waals surface area contributed by atoms with Gasteiger partial charge in [0.25, 0.3) is 0 Å². The molecule has 2 atom stereocenters. The van der Waals surface area contributed by atoms with E-state index in [1.165, 1.54) is 25.9 Å². The summed E-state index contributed by atoms with van der Waals surface area (Å²) >= 11 is 0. The van der Waals surface area contributed by atoms with Crippen molar-refractivity contribution < 1.29 is 4.79 Å². The average Bonchev–Trinajstić information content (AvgIpc) is 2.97. The number of amides is 1. The van der Waals surface area contributed by atoms with Gasteiger partial charge in [-0.25, -0.2) is 0 Å². The third kappa shape index (κ3) is 5.39. The van der Waals surface area contributed by atoms with Gasteiger partial charge in [0.15, 0.2) is 0 Å². The van der Waals surface area contributed by atoms with E-state index < -0.39 is 0 Å². The van der Waals surface area contributed by atoms with E-state index in [1.807, 2.05) is 4.90 Å². The van der Waals surface area contributed by atoms with Crippen molar-refractivity contribution in [3.05, 3.63) is 0 Å². The predicted molar refractivity (Wildman–Crippen MR) is 102 cm³/mol. The third-order valence-electron chi connectivity index (χ3n) is 6.39. The van der Waals surface area contributed by atoms with Crippen molar-refractivity contribution in [2.45, 2.75) is 45.2 Å². The molecule has 1 N–H and O–H groups in total. The van der Waals surface area contributed by atoms with Crippen molar-refractivity contribution >= 4 is 5.91 Å². The summed E-state index contributed by atoms with van der Waals surface area (Å²) in [5, 5.41) is 3.30. The first-order valence-corrected chi connectivity index (χ1v) is 10.3. The fourth-order valence-corrected chi connectivity index (χ4v) is 4.51. The molecule has 25 heavy (non-hydrogen) atoms. The minimum absolute atomic E-state index is 0.334. The molecule has 3 aliphatic heterocycles. The van der Waals surface area contributed by atoms with Gasteiger partial charge in [-0.2, -0.15) is 0 Å². The van der Waals surface area contributed by atoms with Crippen LogP contribution >= 0.6 is 0 Å². The Bertz CT molecular complexity index is 408. The molecule has 3 heterocycles. The van der Waals surface area contributed by atoms with Crippen molar-refractivity contribution in [2.75, 3.05) is 72.0 Å². The summed E-state index contributed by atoms with van der Waals surface area (Å²) in [6.45, 7) is 16.2. The summed E-state index contributed by atoms with van der Waals surface area (Å²) in [6, 6.07) is 1.51. The van der Waals surface area contributed by atoms with Gasteiger partial charge in [-0.05, 0) is 26.7 Å². The Morgan fingerprint density at radius 3 is 2.00 bits per heavy atom. The van der Waals surface area contributed by atoms with Crippen molar-refractivity contribution in [1.82, 2.24) is 24.9 Å². The van der Waals surface area contributed by atoms with Crippen LogP contribution in [0.3, 0.4) is 0 Å². The van der Waals surface area contributed by atoms with E-state index in [1.54, 1.807) is 0 Å². The van der Waals surface area contributed by atoms with Crippen LogP contribution in [0.15, 0.2) is 0 Å². The maximum Gasteiger partial charge on any atom is 0.223 e. The molecule has 1 amide bonds. The molecule has 0 aliphatic carbocycles. The number of carbonyl (C=O) groups is 1. The number of rotatable bonds is 6. The van der Waals surface area contributed by atoms with Gasteiger partial charge in [-0.3, -0.25) is 14.6 Å². The lowest BCUT2D eigenvalue weighted by molar-refractivity contribution is -0.132. The SMILES string of the molecule is CC1CCC(C)N1CCN1CCN(CCC(=O)N2CCNCC2)CC1. The molecule has 144 valence electrons. The molecule has 3 saturated heterocycles. The van der Waals surface area contributed by atoms with Crippen LogP contribution in [0, 0.1) is 0 Å². The van der Waals surface area contributed by atoms with E-state index in [0.717, 1.165) is 71.0 Å². The van der Waals surface area contributed by atoms with Crippen LogP contribution in [0.25, 0.3) is 0 Å². The zero-order valence-electron chi connectivity index (χ0n) is 16.3. The average molecular weight is 352 g/mol. The number of hydrogen-bond acceptors (Lipinski definition) is 5. The number of nitrogens with zero attached hydrogens (tertiary/aromatic N) is 4. The van der Waals surface area contributed by atoms with Crippen molar-refractivity contribution in [3.63, 3.8) is 0 Å². The van der Waals surface area contributed by atoms with Crippen LogP contribution in [0.1, 0.15) is 33.1 Å². The summed E-state index contributed by atoms with van der Waals surface area (Å²) in [5.74, 6) is 0.334. The van der Waals surface area contributed by atoms with E-state index in [0.29, 0.717) is 12.3 Å². The highest BCUT2D eigenvalue weighted by molar-refractivity contribution is 5.76. The molecule has 0 aromatic rings. The molecule has 3 aliphatic rings. The Labute approximate surface area is 153 Å².